The predicted octanol–water partition coefficient (Wildman–Crippen LogP) is 4.41. The van der Waals surface area contributed by atoms with Crippen molar-refractivity contribution in [3.8, 4) is 5.75 Å². The molecule has 0 bridgehead atoms. The Morgan fingerprint density at radius 1 is 1.25 bits per heavy atom. The van der Waals surface area contributed by atoms with Gasteiger partial charge in [0.1, 0.15) is 11.6 Å². The molecule has 4 nitrogen and oxygen atoms in total. The van der Waals surface area contributed by atoms with E-state index in [1.165, 1.54) is 35.4 Å². The Morgan fingerprint density at radius 3 is 2.79 bits per heavy atom. The highest BCUT2D eigenvalue weighted by atomic mass is 16.5. The van der Waals surface area contributed by atoms with Gasteiger partial charge in [-0.25, -0.2) is 0 Å². The molecule has 1 aliphatic heterocycles. The van der Waals surface area contributed by atoms with Crippen LogP contribution in [0.2, 0.25) is 0 Å². The van der Waals surface area contributed by atoms with Crippen LogP contribution in [0.3, 0.4) is 0 Å². The van der Waals surface area contributed by atoms with Gasteiger partial charge in [0.25, 0.3) is 0 Å². The molecule has 1 heterocycles. The molecule has 1 unspecified atom stereocenters. The molecule has 1 amide bonds. The van der Waals surface area contributed by atoms with Crippen molar-refractivity contribution in [1.82, 2.24) is 5.32 Å². The number of fused-ring (bicyclic) bond motifs is 1. The zero-order chi connectivity index (χ0) is 19.5. The second kappa shape index (κ2) is 7.69. The Kier molecular flexibility index (Phi) is 4.94. The normalized spacial score (nSPS) is 17.3. The molecule has 2 aromatic carbocycles. The van der Waals surface area contributed by atoms with Gasteiger partial charge in [-0.2, -0.15) is 0 Å². The number of amidine groups is 1. The molecule has 0 spiro atoms. The molecule has 4 rings (SSSR count). The second-order valence-corrected chi connectivity index (χ2v) is 6.90. The van der Waals surface area contributed by atoms with Crippen LogP contribution in [0, 0.1) is 0 Å². The minimum atomic E-state index is -0.1000. The number of rotatable bonds is 5. The van der Waals surface area contributed by atoms with Crippen molar-refractivity contribution in [2.24, 2.45) is 4.99 Å². The molecule has 28 heavy (non-hydrogen) atoms. The minimum Gasteiger partial charge on any atom is -0.466 e. The van der Waals surface area contributed by atoms with Crippen molar-refractivity contribution in [3.63, 3.8) is 0 Å². The number of ether oxygens (including phenoxy) is 1. The fraction of sp³-hybridized carbons (Fsp3) is 0.167. The van der Waals surface area contributed by atoms with Crippen molar-refractivity contribution >= 4 is 17.8 Å². The van der Waals surface area contributed by atoms with E-state index in [4.69, 9.17) is 4.74 Å². The van der Waals surface area contributed by atoms with Gasteiger partial charge >= 0.3 is 0 Å². The van der Waals surface area contributed by atoms with Gasteiger partial charge in [0, 0.05) is 18.4 Å². The van der Waals surface area contributed by atoms with Crippen molar-refractivity contribution < 1.29 is 9.53 Å². The maximum absolute atomic E-state index is 11.6. The predicted molar refractivity (Wildman–Crippen MR) is 112 cm³/mol. The zero-order valence-corrected chi connectivity index (χ0v) is 15.8. The number of carbonyl (C=O) groups excluding carboxylic acids is 1. The number of carbonyl (C=O) groups is 1. The molecule has 0 saturated carbocycles. The fourth-order valence-corrected chi connectivity index (χ4v) is 3.85. The van der Waals surface area contributed by atoms with Crippen molar-refractivity contribution in [2.75, 3.05) is 6.54 Å². The molecule has 4 heteroatoms. The van der Waals surface area contributed by atoms with Crippen LogP contribution in [0.15, 0.2) is 83.6 Å². The number of amides is 1. The van der Waals surface area contributed by atoms with E-state index in [1.54, 1.807) is 0 Å². The van der Waals surface area contributed by atoms with Crippen LogP contribution >= 0.6 is 0 Å². The van der Waals surface area contributed by atoms with Crippen molar-refractivity contribution in [1.29, 1.82) is 0 Å². The molecule has 0 radical (unpaired) electrons. The van der Waals surface area contributed by atoms with Gasteiger partial charge in [-0.3, -0.25) is 9.79 Å². The third-order valence-corrected chi connectivity index (χ3v) is 5.05. The first-order valence-electron chi connectivity index (χ1n) is 9.35. The summed E-state index contributed by atoms with van der Waals surface area (Å²) in [5, 5.41) is 2.88. The van der Waals surface area contributed by atoms with E-state index >= 15 is 0 Å². The number of aliphatic imine (C=N–C) groups is 1. The summed E-state index contributed by atoms with van der Waals surface area (Å²) in [5.41, 5.74) is 5.99. The summed E-state index contributed by atoms with van der Waals surface area (Å²) in [5.74, 6) is 1.56. The Balaban J connectivity index is 1.65. The van der Waals surface area contributed by atoms with E-state index in [1.807, 2.05) is 12.1 Å². The van der Waals surface area contributed by atoms with Gasteiger partial charge in [0.15, 0.2) is 0 Å². The minimum absolute atomic E-state index is 0.1000. The highest BCUT2D eigenvalue weighted by molar-refractivity contribution is 6.12. The summed E-state index contributed by atoms with van der Waals surface area (Å²) < 4.78 is 5.33. The summed E-state index contributed by atoms with van der Waals surface area (Å²) in [7, 11) is 0. The lowest BCUT2D eigenvalue weighted by molar-refractivity contribution is -0.117. The Hall–Kier alpha value is -3.40. The Bertz CT molecular complexity index is 1010. The van der Waals surface area contributed by atoms with Crippen LogP contribution in [-0.4, -0.2) is 18.3 Å². The topological polar surface area (TPSA) is 50.7 Å². The first kappa shape index (κ1) is 18.0. The lowest BCUT2D eigenvalue weighted by Gasteiger charge is -2.19. The number of hydrogen-bond acceptors (Lipinski definition) is 3. The third-order valence-electron chi connectivity index (χ3n) is 5.05. The van der Waals surface area contributed by atoms with E-state index < -0.39 is 0 Å². The van der Waals surface area contributed by atoms with Gasteiger partial charge in [-0.05, 0) is 40.8 Å². The maximum atomic E-state index is 11.6. The van der Waals surface area contributed by atoms with Crippen LogP contribution in [-0.2, 0) is 11.2 Å². The van der Waals surface area contributed by atoms with E-state index in [2.05, 4.69) is 65.4 Å². The summed E-state index contributed by atoms with van der Waals surface area (Å²) in [6.45, 7) is 5.70. The lowest BCUT2D eigenvalue weighted by Crippen LogP contribution is -2.29. The molecule has 1 N–H and O–H groups in total. The smallest absolute Gasteiger partial charge is 0.222 e. The van der Waals surface area contributed by atoms with Gasteiger partial charge in [-0.15, -0.1) is 0 Å². The van der Waals surface area contributed by atoms with E-state index in [0.29, 0.717) is 12.4 Å². The highest BCUT2D eigenvalue weighted by Crippen LogP contribution is 2.42. The first-order valence-corrected chi connectivity index (χ1v) is 9.35. The van der Waals surface area contributed by atoms with Gasteiger partial charge in [0.05, 0.1) is 12.8 Å². The molecular formula is C24H22N2O2. The molecule has 2 aromatic rings. The number of benzene rings is 2. The van der Waals surface area contributed by atoms with E-state index in [9.17, 15) is 4.79 Å². The molecule has 1 aliphatic carbocycles. The van der Waals surface area contributed by atoms with E-state index in [0.717, 1.165) is 17.7 Å². The second-order valence-electron chi connectivity index (χ2n) is 6.90. The summed E-state index contributed by atoms with van der Waals surface area (Å²) in [6, 6.07) is 16.6. The van der Waals surface area contributed by atoms with Gasteiger partial charge < -0.3 is 10.1 Å². The van der Waals surface area contributed by atoms with Gasteiger partial charge in [0.2, 0.25) is 5.91 Å². The zero-order valence-electron chi connectivity index (χ0n) is 15.8. The average molecular weight is 370 g/mol. The summed E-state index contributed by atoms with van der Waals surface area (Å²) >= 11 is 0. The van der Waals surface area contributed by atoms with Crippen molar-refractivity contribution in [2.45, 2.75) is 19.3 Å². The van der Waals surface area contributed by atoms with Gasteiger partial charge in [-0.1, -0.05) is 55.1 Å². The standard InChI is InChI=1S/C24H22N2O2/c1-3-28-19-10-8-17(9-11-19)14-22-20-7-5-4-6-18(20)15-23(22)21-12-13-25-24(21)26-16(2)27/h3-12,15,22H,1,13-14H2,2H3,(H,25,26,27). The van der Waals surface area contributed by atoms with Crippen molar-refractivity contribution in [3.05, 3.63) is 95.3 Å². The molecule has 0 saturated heterocycles. The fourth-order valence-electron chi connectivity index (χ4n) is 3.85. The Labute approximate surface area is 165 Å². The maximum Gasteiger partial charge on any atom is 0.222 e. The van der Waals surface area contributed by atoms with Crippen LogP contribution < -0.4 is 10.1 Å². The molecule has 0 aromatic heterocycles. The lowest BCUT2D eigenvalue weighted by atomic mass is 9.85. The molecule has 2 aliphatic rings. The number of nitrogens with zero attached hydrogens (tertiary/aromatic N) is 1. The number of hydrogen-bond donors (Lipinski definition) is 1. The molecule has 0 fully saturated rings. The van der Waals surface area contributed by atoms with E-state index in [-0.39, 0.29) is 11.8 Å². The highest BCUT2D eigenvalue weighted by Gasteiger charge is 2.30. The van der Waals surface area contributed by atoms with Crippen LogP contribution in [0.1, 0.15) is 29.5 Å². The number of nitrogens with one attached hydrogen (secondary N) is 1. The largest absolute Gasteiger partial charge is 0.466 e. The summed E-state index contributed by atoms with van der Waals surface area (Å²) in [6.07, 6.45) is 6.61. The van der Waals surface area contributed by atoms with Crippen LogP contribution in [0.25, 0.3) is 6.08 Å². The quantitative estimate of drug-likeness (QED) is 0.793. The van der Waals surface area contributed by atoms with Crippen LogP contribution in [0.4, 0.5) is 0 Å². The average Bonchev–Trinajstić information content (AvgIpc) is 3.27. The summed E-state index contributed by atoms with van der Waals surface area (Å²) in [4.78, 5) is 16.0. The Morgan fingerprint density at radius 2 is 2.04 bits per heavy atom. The monoisotopic (exact) mass is 370 g/mol. The molecule has 140 valence electrons. The first-order chi connectivity index (χ1) is 13.7. The molecule has 1 atom stereocenters. The SMILES string of the molecule is C=COc1ccc(CC2C(C3=CCN=C3NC(C)=O)=Cc3ccccc32)cc1. The third kappa shape index (κ3) is 3.54. The molecular weight excluding hydrogens is 348 g/mol. The van der Waals surface area contributed by atoms with Crippen LogP contribution in [0.5, 0.6) is 5.75 Å².